The Kier molecular flexibility index (Phi) is 3.52. The molecule has 3 heteroatoms. The number of benzene rings is 1. The van der Waals surface area contributed by atoms with Crippen LogP contribution in [0.2, 0.25) is 0 Å². The van der Waals surface area contributed by atoms with Gasteiger partial charge in [-0.2, -0.15) is 0 Å². The van der Waals surface area contributed by atoms with Crippen LogP contribution in [-0.2, 0) is 15.1 Å². The van der Waals surface area contributed by atoms with Crippen LogP contribution in [0, 0.1) is 6.92 Å². The molecule has 0 radical (unpaired) electrons. The topological polar surface area (TPSA) is 26.3 Å². The average Bonchev–Trinajstić information content (AvgIpc) is 2.29. The van der Waals surface area contributed by atoms with Crippen LogP contribution in [0.1, 0.15) is 30.4 Å². The Morgan fingerprint density at radius 3 is 2.62 bits per heavy atom. The number of cyclic esters (lactones) is 1. The Morgan fingerprint density at radius 2 is 2.06 bits per heavy atom. The van der Waals surface area contributed by atoms with Gasteiger partial charge in [-0.3, -0.25) is 4.79 Å². The lowest BCUT2D eigenvalue weighted by molar-refractivity contribution is -0.165. The van der Waals surface area contributed by atoms with E-state index in [0.29, 0.717) is 6.42 Å². The second-order valence-electron chi connectivity index (χ2n) is 4.32. The van der Waals surface area contributed by atoms with Gasteiger partial charge in [0.1, 0.15) is 5.60 Å². The first-order chi connectivity index (χ1) is 7.66. The van der Waals surface area contributed by atoms with Crippen molar-refractivity contribution < 1.29 is 9.53 Å². The molecule has 2 nitrogen and oxygen atoms in total. The number of rotatable bonds is 2. The number of halogens is 1. The normalized spacial score (nSPS) is 25.2. The standard InChI is InChI=1S/C13H15IO2/c1-10-4-6-11(7-5-10)13(9-14)8-2-3-12(15)16-13/h4-7H,2-3,8-9H2,1H3/t13-/m1/s1. The monoisotopic (exact) mass is 330 g/mol. The number of carbonyl (C=O) groups is 1. The minimum atomic E-state index is -0.385. The summed E-state index contributed by atoms with van der Waals surface area (Å²) in [5.41, 5.74) is 1.97. The summed E-state index contributed by atoms with van der Waals surface area (Å²) in [4.78, 5) is 11.5. The molecule has 1 heterocycles. The molecule has 1 aliphatic rings. The van der Waals surface area contributed by atoms with Gasteiger partial charge < -0.3 is 4.74 Å². The molecule has 0 N–H and O–H groups in total. The summed E-state index contributed by atoms with van der Waals surface area (Å²) in [6.45, 7) is 2.06. The van der Waals surface area contributed by atoms with Crippen LogP contribution in [0.15, 0.2) is 24.3 Å². The van der Waals surface area contributed by atoms with Crippen molar-refractivity contribution in [2.45, 2.75) is 31.8 Å². The maximum Gasteiger partial charge on any atom is 0.306 e. The van der Waals surface area contributed by atoms with Crippen molar-refractivity contribution in [3.05, 3.63) is 35.4 Å². The molecule has 0 unspecified atom stereocenters. The highest BCUT2D eigenvalue weighted by molar-refractivity contribution is 14.1. The fourth-order valence-corrected chi connectivity index (χ4v) is 3.05. The molecular formula is C13H15IO2. The van der Waals surface area contributed by atoms with Gasteiger partial charge in [-0.15, -0.1) is 0 Å². The predicted molar refractivity (Wildman–Crippen MR) is 71.7 cm³/mol. The molecule has 1 aromatic carbocycles. The molecule has 86 valence electrons. The van der Waals surface area contributed by atoms with Gasteiger partial charge in [0.2, 0.25) is 0 Å². The molecule has 1 aromatic rings. The summed E-state index contributed by atoms with van der Waals surface area (Å²) in [5.74, 6) is -0.0662. The quantitative estimate of drug-likeness (QED) is 0.472. The second-order valence-corrected chi connectivity index (χ2v) is 5.08. The third kappa shape index (κ3) is 2.24. The molecule has 0 amide bonds. The van der Waals surface area contributed by atoms with Crippen LogP contribution < -0.4 is 0 Å². The molecular weight excluding hydrogens is 315 g/mol. The van der Waals surface area contributed by atoms with E-state index in [1.54, 1.807) is 0 Å². The lowest BCUT2D eigenvalue weighted by Gasteiger charge is -2.35. The van der Waals surface area contributed by atoms with Crippen LogP contribution in [0.4, 0.5) is 0 Å². The van der Waals surface area contributed by atoms with E-state index in [-0.39, 0.29) is 11.6 Å². The third-order valence-electron chi connectivity index (χ3n) is 3.06. The second kappa shape index (κ2) is 4.73. The Bertz CT molecular complexity index is 385. The average molecular weight is 330 g/mol. The number of esters is 1. The van der Waals surface area contributed by atoms with E-state index in [1.165, 1.54) is 5.56 Å². The van der Waals surface area contributed by atoms with E-state index >= 15 is 0 Å². The lowest BCUT2D eigenvalue weighted by Crippen LogP contribution is -2.37. The molecule has 0 aliphatic carbocycles. The summed E-state index contributed by atoms with van der Waals surface area (Å²) in [5, 5.41) is 0. The summed E-state index contributed by atoms with van der Waals surface area (Å²) in [7, 11) is 0. The Morgan fingerprint density at radius 1 is 1.38 bits per heavy atom. The molecule has 0 saturated carbocycles. The first-order valence-electron chi connectivity index (χ1n) is 5.51. The molecule has 1 fully saturated rings. The van der Waals surface area contributed by atoms with Gasteiger partial charge in [0, 0.05) is 10.8 Å². The van der Waals surface area contributed by atoms with E-state index in [2.05, 4.69) is 53.8 Å². The number of alkyl halides is 1. The van der Waals surface area contributed by atoms with Gasteiger partial charge in [0.15, 0.2) is 0 Å². The van der Waals surface area contributed by atoms with Crippen LogP contribution in [0.25, 0.3) is 0 Å². The van der Waals surface area contributed by atoms with Gasteiger partial charge >= 0.3 is 5.97 Å². The minimum absolute atomic E-state index is 0.0662. The van der Waals surface area contributed by atoms with Crippen molar-refractivity contribution in [1.82, 2.24) is 0 Å². The summed E-state index contributed by atoms with van der Waals surface area (Å²) < 4.78 is 6.42. The zero-order valence-corrected chi connectivity index (χ0v) is 11.5. The third-order valence-corrected chi connectivity index (χ3v) is 4.30. The minimum Gasteiger partial charge on any atom is -0.453 e. The van der Waals surface area contributed by atoms with Gasteiger partial charge in [0.05, 0.1) is 0 Å². The first-order valence-corrected chi connectivity index (χ1v) is 7.04. The van der Waals surface area contributed by atoms with E-state index in [0.717, 1.165) is 22.8 Å². The Labute approximate surface area is 110 Å². The van der Waals surface area contributed by atoms with Crippen molar-refractivity contribution in [3.63, 3.8) is 0 Å². The molecule has 0 aromatic heterocycles. The van der Waals surface area contributed by atoms with Crippen LogP contribution in [0.5, 0.6) is 0 Å². The molecule has 1 atom stereocenters. The Hall–Kier alpha value is -0.580. The summed E-state index contributed by atoms with van der Waals surface area (Å²) in [6, 6.07) is 8.30. The lowest BCUT2D eigenvalue weighted by atomic mass is 9.88. The number of hydrogen-bond donors (Lipinski definition) is 0. The Balaban J connectivity index is 2.33. The first kappa shape index (κ1) is 11.9. The van der Waals surface area contributed by atoms with Crippen LogP contribution >= 0.6 is 22.6 Å². The predicted octanol–water partition coefficient (Wildman–Crippen LogP) is 3.35. The highest BCUT2D eigenvalue weighted by Crippen LogP contribution is 2.37. The summed E-state index contributed by atoms with van der Waals surface area (Å²) >= 11 is 2.30. The van der Waals surface area contributed by atoms with Crippen LogP contribution in [-0.4, -0.2) is 10.4 Å². The molecule has 0 spiro atoms. The fourth-order valence-electron chi connectivity index (χ4n) is 2.07. The van der Waals surface area contributed by atoms with E-state index in [4.69, 9.17) is 4.74 Å². The highest BCUT2D eigenvalue weighted by atomic mass is 127. The number of ether oxygens (including phenoxy) is 1. The number of hydrogen-bond acceptors (Lipinski definition) is 2. The van der Waals surface area contributed by atoms with Crippen molar-refractivity contribution in [1.29, 1.82) is 0 Å². The van der Waals surface area contributed by atoms with Gasteiger partial charge in [0.25, 0.3) is 0 Å². The SMILES string of the molecule is Cc1ccc([C@]2(CI)CCCC(=O)O2)cc1. The number of aryl methyl sites for hydroxylation is 1. The molecule has 1 saturated heterocycles. The van der Waals surface area contributed by atoms with E-state index in [9.17, 15) is 4.79 Å². The van der Waals surface area contributed by atoms with Crippen LogP contribution in [0.3, 0.4) is 0 Å². The molecule has 1 aliphatic heterocycles. The zero-order valence-electron chi connectivity index (χ0n) is 9.33. The van der Waals surface area contributed by atoms with Crippen molar-refractivity contribution in [2.24, 2.45) is 0 Å². The van der Waals surface area contributed by atoms with Crippen molar-refractivity contribution >= 4 is 28.6 Å². The smallest absolute Gasteiger partial charge is 0.306 e. The van der Waals surface area contributed by atoms with E-state index in [1.807, 2.05) is 0 Å². The van der Waals surface area contributed by atoms with Crippen molar-refractivity contribution in [3.8, 4) is 0 Å². The van der Waals surface area contributed by atoms with Gasteiger partial charge in [-0.25, -0.2) is 0 Å². The highest BCUT2D eigenvalue weighted by Gasteiger charge is 2.38. The molecule has 0 bridgehead atoms. The maximum absolute atomic E-state index is 11.5. The van der Waals surface area contributed by atoms with Gasteiger partial charge in [-0.1, -0.05) is 52.4 Å². The number of carbonyl (C=O) groups excluding carboxylic acids is 1. The fraction of sp³-hybridized carbons (Fsp3) is 0.462. The zero-order chi connectivity index (χ0) is 11.6. The van der Waals surface area contributed by atoms with Gasteiger partial charge in [-0.05, 0) is 25.3 Å². The maximum atomic E-state index is 11.5. The largest absolute Gasteiger partial charge is 0.453 e. The van der Waals surface area contributed by atoms with Crippen molar-refractivity contribution in [2.75, 3.05) is 4.43 Å². The molecule has 2 rings (SSSR count). The van der Waals surface area contributed by atoms with E-state index < -0.39 is 0 Å². The molecule has 16 heavy (non-hydrogen) atoms. The summed E-state index contributed by atoms with van der Waals surface area (Å²) in [6.07, 6.45) is 2.42.